The minimum atomic E-state index is -0.0772. The van der Waals surface area contributed by atoms with Gasteiger partial charge in [-0.2, -0.15) is 0 Å². The van der Waals surface area contributed by atoms with E-state index >= 15 is 0 Å². The summed E-state index contributed by atoms with van der Waals surface area (Å²) in [4.78, 5) is 37.4. The summed E-state index contributed by atoms with van der Waals surface area (Å²) in [6, 6.07) is 11.5. The molecule has 224 valence electrons. The largest absolute Gasteiger partial charge is 0.487 e. The number of imidazole rings is 1. The highest BCUT2D eigenvalue weighted by atomic mass is 16.5. The molecule has 1 amide bonds. The average Bonchev–Trinajstić information content (AvgIpc) is 3.44. The SMILES string of the molecule is Cc1cc(Nc2ncnc3cc4c(nc23)N2CCN(C(=O)/C=C/CN(C)C)C(CO4)C2)ccc1Oc1ccn2ccnc2c1. The lowest BCUT2D eigenvalue weighted by Crippen LogP contribution is -2.56. The molecule has 2 aliphatic rings. The number of carbonyl (C=O) groups excluding carboxylic acids is 1. The fraction of sp³-hybridized carbons (Fsp3) is 0.281. The van der Waals surface area contributed by atoms with Gasteiger partial charge >= 0.3 is 0 Å². The molecule has 1 N–H and O–H groups in total. The van der Waals surface area contributed by atoms with Crippen LogP contribution in [-0.4, -0.2) is 93.0 Å². The first kappa shape index (κ1) is 27.6. The topological polar surface area (TPSA) is 113 Å². The first-order chi connectivity index (χ1) is 21.4. The Morgan fingerprint density at radius 2 is 2.05 bits per heavy atom. The van der Waals surface area contributed by atoms with E-state index in [1.54, 1.807) is 12.3 Å². The number of rotatable bonds is 7. The number of pyridine rings is 2. The van der Waals surface area contributed by atoms with Gasteiger partial charge in [0.2, 0.25) is 5.91 Å². The second kappa shape index (κ2) is 11.5. The molecule has 7 rings (SSSR count). The van der Waals surface area contributed by atoms with E-state index in [4.69, 9.17) is 14.5 Å². The Balaban J connectivity index is 1.10. The predicted molar refractivity (Wildman–Crippen MR) is 168 cm³/mol. The number of ether oxygens (including phenoxy) is 2. The Kier molecular flexibility index (Phi) is 7.18. The Morgan fingerprint density at radius 1 is 1.14 bits per heavy atom. The lowest BCUT2D eigenvalue weighted by molar-refractivity contribution is -0.129. The smallest absolute Gasteiger partial charge is 0.246 e. The first-order valence-electron chi connectivity index (χ1n) is 14.5. The number of nitrogens with zero attached hydrogens (tertiary/aromatic N) is 8. The number of likely N-dealkylation sites (N-methyl/N-ethyl adjacent to an activating group) is 1. The molecule has 2 aliphatic heterocycles. The zero-order chi connectivity index (χ0) is 30.2. The molecule has 1 unspecified atom stereocenters. The first-order valence-corrected chi connectivity index (χ1v) is 14.5. The lowest BCUT2D eigenvalue weighted by atomic mass is 10.1. The lowest BCUT2D eigenvalue weighted by Gasteiger charge is -2.39. The van der Waals surface area contributed by atoms with Gasteiger partial charge in [-0.05, 0) is 50.8 Å². The molecule has 4 aromatic heterocycles. The van der Waals surface area contributed by atoms with Crippen molar-refractivity contribution in [2.75, 3.05) is 57.1 Å². The normalized spacial score (nSPS) is 16.3. The standard InChI is InChI=1S/C32H33N9O3/c1-21-15-22(6-7-26(21)44-24-8-11-39-12-9-33-28(39)16-24)36-31-30-25(34-20-35-31)17-27-32(37-30)40-13-14-41(23(18-40)19-43-27)29(42)5-4-10-38(2)3/h4-9,11-12,15-17,20,23H,10,13-14,18-19H2,1-3H3,(H,34,35,36)/b5-4+. The number of aryl methyl sites for hydroxylation is 1. The van der Waals surface area contributed by atoms with Crippen LogP contribution < -0.4 is 19.7 Å². The van der Waals surface area contributed by atoms with E-state index < -0.39 is 0 Å². The van der Waals surface area contributed by atoms with Crippen molar-refractivity contribution >= 4 is 39.9 Å². The maximum atomic E-state index is 12.9. The van der Waals surface area contributed by atoms with E-state index in [2.05, 4.69) is 25.2 Å². The van der Waals surface area contributed by atoms with Crippen molar-refractivity contribution < 1.29 is 14.3 Å². The van der Waals surface area contributed by atoms with Crippen LogP contribution in [0.15, 0.2) is 73.5 Å². The second-order valence-corrected chi connectivity index (χ2v) is 11.3. The van der Waals surface area contributed by atoms with Gasteiger partial charge in [0.25, 0.3) is 0 Å². The van der Waals surface area contributed by atoms with Crippen molar-refractivity contribution in [3.8, 4) is 17.2 Å². The third-order valence-corrected chi connectivity index (χ3v) is 7.82. The molecule has 44 heavy (non-hydrogen) atoms. The summed E-state index contributed by atoms with van der Waals surface area (Å²) in [5.41, 5.74) is 3.94. The monoisotopic (exact) mass is 591 g/mol. The van der Waals surface area contributed by atoms with E-state index in [-0.39, 0.29) is 11.9 Å². The fourth-order valence-corrected chi connectivity index (χ4v) is 5.57. The molecular weight excluding hydrogens is 558 g/mol. The molecule has 12 heteroatoms. The average molecular weight is 592 g/mol. The maximum absolute atomic E-state index is 12.9. The molecule has 1 fully saturated rings. The van der Waals surface area contributed by atoms with Crippen LogP contribution in [0.5, 0.6) is 17.2 Å². The predicted octanol–water partition coefficient (Wildman–Crippen LogP) is 4.04. The van der Waals surface area contributed by atoms with Crippen molar-refractivity contribution in [3.63, 3.8) is 0 Å². The fourth-order valence-electron chi connectivity index (χ4n) is 5.57. The number of fused-ring (bicyclic) bond motifs is 6. The van der Waals surface area contributed by atoms with Gasteiger partial charge < -0.3 is 33.9 Å². The number of benzene rings is 1. The van der Waals surface area contributed by atoms with E-state index in [1.165, 1.54) is 6.33 Å². The van der Waals surface area contributed by atoms with Gasteiger partial charge in [-0.3, -0.25) is 4.79 Å². The Labute approximate surface area is 254 Å². The minimum absolute atomic E-state index is 0.00679. The van der Waals surface area contributed by atoms with Gasteiger partial charge in [0.05, 0.1) is 11.6 Å². The van der Waals surface area contributed by atoms with Crippen LogP contribution in [0.3, 0.4) is 0 Å². The summed E-state index contributed by atoms with van der Waals surface area (Å²) >= 11 is 0. The highest BCUT2D eigenvalue weighted by Gasteiger charge is 2.35. The summed E-state index contributed by atoms with van der Waals surface area (Å²) in [5, 5.41) is 3.42. The maximum Gasteiger partial charge on any atom is 0.246 e. The summed E-state index contributed by atoms with van der Waals surface area (Å²) < 4.78 is 14.3. The molecule has 12 nitrogen and oxygen atoms in total. The zero-order valence-electron chi connectivity index (χ0n) is 24.8. The number of nitrogens with one attached hydrogen (secondary N) is 1. The van der Waals surface area contributed by atoms with Crippen LogP contribution in [0.1, 0.15) is 5.56 Å². The molecule has 1 saturated heterocycles. The summed E-state index contributed by atoms with van der Waals surface area (Å²) in [5.74, 6) is 3.47. The van der Waals surface area contributed by atoms with Gasteiger partial charge in [-0.25, -0.2) is 19.9 Å². The number of carbonyl (C=O) groups is 1. The molecule has 1 aromatic carbocycles. The minimum Gasteiger partial charge on any atom is -0.487 e. The molecule has 0 spiro atoms. The summed E-state index contributed by atoms with van der Waals surface area (Å²) in [6.07, 6.45) is 10.7. The van der Waals surface area contributed by atoms with Gasteiger partial charge in [0, 0.05) is 68.7 Å². The highest BCUT2D eigenvalue weighted by molar-refractivity contribution is 5.90. The Hall–Kier alpha value is -5.23. The van der Waals surface area contributed by atoms with Crippen molar-refractivity contribution in [2.24, 2.45) is 0 Å². The molecule has 0 radical (unpaired) electrons. The van der Waals surface area contributed by atoms with E-state index in [0.29, 0.717) is 55.4 Å². The number of piperazine rings is 1. The van der Waals surface area contributed by atoms with Crippen LogP contribution in [0.2, 0.25) is 0 Å². The van der Waals surface area contributed by atoms with Crippen LogP contribution in [0.4, 0.5) is 17.3 Å². The third-order valence-electron chi connectivity index (χ3n) is 7.82. The quantitative estimate of drug-likeness (QED) is 0.278. The molecule has 0 saturated carbocycles. The van der Waals surface area contributed by atoms with Gasteiger partial charge in [0.15, 0.2) is 17.4 Å². The third kappa shape index (κ3) is 5.47. The van der Waals surface area contributed by atoms with E-state index in [1.807, 2.05) is 90.1 Å². The molecular formula is C32H33N9O3. The van der Waals surface area contributed by atoms with Crippen molar-refractivity contribution in [1.29, 1.82) is 0 Å². The molecule has 1 atom stereocenters. The van der Waals surface area contributed by atoms with Crippen molar-refractivity contribution in [3.05, 3.63) is 79.0 Å². The van der Waals surface area contributed by atoms with Crippen LogP contribution >= 0.6 is 0 Å². The van der Waals surface area contributed by atoms with Crippen LogP contribution in [0, 0.1) is 6.92 Å². The van der Waals surface area contributed by atoms with Crippen molar-refractivity contribution in [1.82, 2.24) is 34.1 Å². The highest BCUT2D eigenvalue weighted by Crippen LogP contribution is 2.36. The van der Waals surface area contributed by atoms with E-state index in [0.717, 1.165) is 34.2 Å². The second-order valence-electron chi connectivity index (χ2n) is 11.3. The summed E-state index contributed by atoms with van der Waals surface area (Å²) in [6.45, 7) is 5.00. The van der Waals surface area contributed by atoms with Crippen LogP contribution in [-0.2, 0) is 4.79 Å². The van der Waals surface area contributed by atoms with Crippen LogP contribution in [0.25, 0.3) is 16.7 Å². The number of aromatic nitrogens is 5. The zero-order valence-corrected chi connectivity index (χ0v) is 24.8. The van der Waals surface area contributed by atoms with Gasteiger partial charge in [-0.15, -0.1) is 0 Å². The van der Waals surface area contributed by atoms with E-state index in [9.17, 15) is 4.79 Å². The Morgan fingerprint density at radius 3 is 2.91 bits per heavy atom. The van der Waals surface area contributed by atoms with Gasteiger partial charge in [-0.1, -0.05) is 6.08 Å². The Bertz CT molecular complexity index is 1890. The summed E-state index contributed by atoms with van der Waals surface area (Å²) in [7, 11) is 3.95. The van der Waals surface area contributed by atoms with Gasteiger partial charge in [0.1, 0.15) is 35.6 Å². The molecule has 0 aliphatic carbocycles. The number of hydrogen-bond donors (Lipinski definition) is 1. The number of anilines is 3. The van der Waals surface area contributed by atoms with Crippen molar-refractivity contribution in [2.45, 2.75) is 13.0 Å². The number of amides is 1. The molecule has 6 heterocycles. The number of hydrogen-bond acceptors (Lipinski definition) is 10. The molecule has 2 bridgehead atoms. The molecule has 5 aromatic rings.